The molecular weight excluding hydrogens is 370 g/mol. The molecule has 0 aliphatic carbocycles. The third-order valence-electron chi connectivity index (χ3n) is 4.24. The standard InChI is InChI=1S/C17H17N5O4S/c1-21-7-11(15(20-21)25-2)16(24)22-5-3-12-13(8-22)27-17(18-12)19-14(23)10-4-6-26-9-10/h4,6-7,9H,3,5,8H2,1-2H3,(H,18,19,23). The maximum Gasteiger partial charge on any atom is 0.261 e. The zero-order valence-electron chi connectivity index (χ0n) is 14.8. The van der Waals surface area contributed by atoms with Gasteiger partial charge in [-0.05, 0) is 6.07 Å². The van der Waals surface area contributed by atoms with E-state index < -0.39 is 0 Å². The molecule has 1 N–H and O–H groups in total. The first-order chi connectivity index (χ1) is 13.0. The van der Waals surface area contributed by atoms with Crippen LogP contribution in [0.1, 0.15) is 31.3 Å². The lowest BCUT2D eigenvalue weighted by molar-refractivity contribution is 0.0732. The lowest BCUT2D eigenvalue weighted by Gasteiger charge is -2.25. The van der Waals surface area contributed by atoms with Gasteiger partial charge in [0, 0.05) is 31.1 Å². The number of furan rings is 1. The van der Waals surface area contributed by atoms with Gasteiger partial charge in [-0.1, -0.05) is 11.3 Å². The average Bonchev–Trinajstić information content (AvgIpc) is 3.39. The predicted octanol–water partition coefficient (Wildman–Crippen LogP) is 1.93. The SMILES string of the molecule is COc1nn(C)cc1C(=O)N1CCc2nc(NC(=O)c3ccoc3)sc2C1. The number of carbonyl (C=O) groups excluding carboxylic acids is 2. The van der Waals surface area contributed by atoms with E-state index in [1.165, 1.54) is 31.0 Å². The van der Waals surface area contributed by atoms with E-state index in [1.807, 2.05) is 0 Å². The summed E-state index contributed by atoms with van der Waals surface area (Å²) in [5.74, 6) is -0.100. The van der Waals surface area contributed by atoms with Crippen LogP contribution in [0.5, 0.6) is 5.88 Å². The number of hydrogen-bond acceptors (Lipinski definition) is 7. The van der Waals surface area contributed by atoms with Gasteiger partial charge in [-0.15, -0.1) is 5.10 Å². The van der Waals surface area contributed by atoms with Crippen molar-refractivity contribution in [3.8, 4) is 5.88 Å². The monoisotopic (exact) mass is 387 g/mol. The van der Waals surface area contributed by atoms with E-state index >= 15 is 0 Å². The third-order valence-corrected chi connectivity index (χ3v) is 5.24. The Kier molecular flexibility index (Phi) is 4.40. The number of ether oxygens (including phenoxy) is 1. The Hall–Kier alpha value is -3.14. The van der Waals surface area contributed by atoms with Gasteiger partial charge >= 0.3 is 0 Å². The highest BCUT2D eigenvalue weighted by atomic mass is 32.1. The van der Waals surface area contributed by atoms with Crippen LogP contribution in [-0.4, -0.2) is 45.1 Å². The van der Waals surface area contributed by atoms with E-state index in [9.17, 15) is 9.59 Å². The number of nitrogens with one attached hydrogen (secondary N) is 1. The predicted molar refractivity (Wildman–Crippen MR) is 97.0 cm³/mol. The summed E-state index contributed by atoms with van der Waals surface area (Å²) in [6.07, 6.45) is 5.10. The summed E-state index contributed by atoms with van der Waals surface area (Å²) < 4.78 is 11.7. The Morgan fingerprint density at radius 2 is 2.26 bits per heavy atom. The third kappa shape index (κ3) is 3.31. The van der Waals surface area contributed by atoms with E-state index in [-0.39, 0.29) is 11.8 Å². The highest BCUT2D eigenvalue weighted by molar-refractivity contribution is 7.15. The second-order valence-corrected chi connectivity index (χ2v) is 7.14. The first kappa shape index (κ1) is 17.3. The van der Waals surface area contributed by atoms with Crippen molar-refractivity contribution in [2.45, 2.75) is 13.0 Å². The van der Waals surface area contributed by atoms with Gasteiger partial charge in [-0.2, -0.15) is 0 Å². The van der Waals surface area contributed by atoms with Crippen molar-refractivity contribution in [1.29, 1.82) is 0 Å². The summed E-state index contributed by atoms with van der Waals surface area (Å²) >= 11 is 1.37. The van der Waals surface area contributed by atoms with Crippen molar-refractivity contribution in [2.24, 2.45) is 7.05 Å². The van der Waals surface area contributed by atoms with E-state index in [4.69, 9.17) is 9.15 Å². The summed E-state index contributed by atoms with van der Waals surface area (Å²) in [6.45, 7) is 0.980. The topological polar surface area (TPSA) is 102 Å². The summed E-state index contributed by atoms with van der Waals surface area (Å²) in [5, 5.41) is 7.42. The molecule has 3 aromatic rings. The van der Waals surface area contributed by atoms with Gasteiger partial charge in [-0.3, -0.25) is 19.6 Å². The lowest BCUT2D eigenvalue weighted by atomic mass is 10.1. The highest BCUT2D eigenvalue weighted by Crippen LogP contribution is 2.30. The van der Waals surface area contributed by atoms with Gasteiger partial charge in [0.2, 0.25) is 5.88 Å². The minimum Gasteiger partial charge on any atom is -0.479 e. The van der Waals surface area contributed by atoms with Crippen LogP contribution in [-0.2, 0) is 20.0 Å². The Morgan fingerprint density at radius 3 is 3.00 bits per heavy atom. The van der Waals surface area contributed by atoms with Crippen LogP contribution in [0.3, 0.4) is 0 Å². The van der Waals surface area contributed by atoms with Crippen LogP contribution in [0.25, 0.3) is 0 Å². The number of fused-ring (bicyclic) bond motifs is 1. The van der Waals surface area contributed by atoms with Gasteiger partial charge in [0.05, 0.1) is 31.2 Å². The molecule has 0 atom stereocenters. The second-order valence-electron chi connectivity index (χ2n) is 6.06. The molecule has 0 saturated carbocycles. The van der Waals surface area contributed by atoms with Crippen molar-refractivity contribution in [3.05, 3.63) is 46.5 Å². The molecule has 4 rings (SSSR count). The molecule has 0 radical (unpaired) electrons. The van der Waals surface area contributed by atoms with Gasteiger partial charge in [0.15, 0.2) is 5.13 Å². The van der Waals surface area contributed by atoms with Crippen LogP contribution in [0, 0.1) is 0 Å². The molecule has 0 fully saturated rings. The zero-order valence-corrected chi connectivity index (χ0v) is 15.6. The number of nitrogens with zero attached hydrogens (tertiary/aromatic N) is 4. The largest absolute Gasteiger partial charge is 0.479 e. The average molecular weight is 387 g/mol. The fraction of sp³-hybridized carbons (Fsp3) is 0.294. The Balaban J connectivity index is 1.49. The molecule has 9 nitrogen and oxygen atoms in total. The molecule has 0 unspecified atom stereocenters. The molecule has 1 aliphatic heterocycles. The van der Waals surface area contributed by atoms with Crippen molar-refractivity contribution >= 4 is 28.3 Å². The second kappa shape index (κ2) is 6.88. The fourth-order valence-electron chi connectivity index (χ4n) is 2.92. The van der Waals surface area contributed by atoms with E-state index in [0.717, 1.165) is 10.6 Å². The molecule has 0 aromatic carbocycles. The number of aryl methyl sites for hydroxylation is 1. The number of anilines is 1. The Bertz CT molecular complexity index is 991. The Labute approximate surface area is 158 Å². The smallest absolute Gasteiger partial charge is 0.261 e. The van der Waals surface area contributed by atoms with E-state index in [0.29, 0.717) is 41.6 Å². The van der Waals surface area contributed by atoms with Gasteiger partial charge in [-0.25, -0.2) is 4.98 Å². The molecule has 2 amide bonds. The molecule has 3 aromatic heterocycles. The summed E-state index contributed by atoms with van der Waals surface area (Å²) in [7, 11) is 3.23. The van der Waals surface area contributed by atoms with Crippen molar-refractivity contribution in [2.75, 3.05) is 19.0 Å². The van der Waals surface area contributed by atoms with Gasteiger partial charge in [0.1, 0.15) is 11.8 Å². The molecule has 0 bridgehead atoms. The number of carbonyl (C=O) groups is 2. The minimum atomic E-state index is -0.275. The molecule has 140 valence electrons. The Morgan fingerprint density at radius 1 is 1.41 bits per heavy atom. The van der Waals surface area contributed by atoms with E-state index in [2.05, 4.69) is 15.4 Å². The number of amides is 2. The number of rotatable bonds is 4. The lowest BCUT2D eigenvalue weighted by Crippen LogP contribution is -2.35. The highest BCUT2D eigenvalue weighted by Gasteiger charge is 2.28. The number of hydrogen-bond donors (Lipinski definition) is 1. The molecule has 27 heavy (non-hydrogen) atoms. The minimum absolute atomic E-state index is 0.136. The first-order valence-electron chi connectivity index (χ1n) is 8.24. The molecule has 0 spiro atoms. The maximum absolute atomic E-state index is 12.8. The van der Waals surface area contributed by atoms with E-state index in [1.54, 1.807) is 28.9 Å². The summed E-state index contributed by atoms with van der Waals surface area (Å²) in [5.41, 5.74) is 1.77. The zero-order chi connectivity index (χ0) is 19.0. The van der Waals surface area contributed by atoms with Crippen LogP contribution >= 0.6 is 11.3 Å². The summed E-state index contributed by atoms with van der Waals surface area (Å²) in [4.78, 5) is 32.1. The van der Waals surface area contributed by atoms with Gasteiger partial charge < -0.3 is 14.1 Å². The number of thiazole rings is 1. The number of aromatic nitrogens is 3. The summed E-state index contributed by atoms with van der Waals surface area (Å²) in [6, 6.07) is 1.59. The molecule has 0 saturated heterocycles. The van der Waals surface area contributed by atoms with Crippen molar-refractivity contribution in [3.63, 3.8) is 0 Å². The first-order valence-corrected chi connectivity index (χ1v) is 9.06. The maximum atomic E-state index is 12.8. The molecule has 4 heterocycles. The molecular formula is C17H17N5O4S. The molecule has 1 aliphatic rings. The van der Waals surface area contributed by atoms with Crippen LogP contribution in [0.4, 0.5) is 5.13 Å². The fourth-order valence-corrected chi connectivity index (χ4v) is 3.94. The van der Waals surface area contributed by atoms with Crippen molar-refractivity contribution < 1.29 is 18.7 Å². The van der Waals surface area contributed by atoms with Crippen LogP contribution in [0.15, 0.2) is 29.2 Å². The van der Waals surface area contributed by atoms with Crippen molar-refractivity contribution in [1.82, 2.24) is 19.7 Å². The van der Waals surface area contributed by atoms with Gasteiger partial charge in [0.25, 0.3) is 11.8 Å². The van der Waals surface area contributed by atoms with Crippen LogP contribution < -0.4 is 10.1 Å². The normalized spacial score (nSPS) is 13.3. The quantitative estimate of drug-likeness (QED) is 0.734. The van der Waals surface area contributed by atoms with Crippen LogP contribution in [0.2, 0.25) is 0 Å². The molecule has 10 heteroatoms. The number of methoxy groups -OCH3 is 1.